The molecule has 1 fully saturated rings. The van der Waals surface area contributed by atoms with Gasteiger partial charge in [0.25, 0.3) is 0 Å². The van der Waals surface area contributed by atoms with E-state index in [4.69, 9.17) is 4.74 Å². The van der Waals surface area contributed by atoms with Gasteiger partial charge < -0.3 is 10.1 Å². The second-order valence-corrected chi connectivity index (χ2v) is 5.91. The Kier molecular flexibility index (Phi) is 5.78. The summed E-state index contributed by atoms with van der Waals surface area (Å²) < 4.78 is 6.67. The molecule has 1 atom stereocenters. The monoisotopic (exact) mass is 299 g/mol. The van der Waals surface area contributed by atoms with Crippen molar-refractivity contribution in [1.82, 2.24) is 25.5 Å². The topological polar surface area (TPSA) is 81.9 Å². The largest absolute Gasteiger partial charge is 0.468 e. The van der Waals surface area contributed by atoms with Crippen molar-refractivity contribution in [2.24, 2.45) is 0 Å². The molecule has 0 aliphatic heterocycles. The van der Waals surface area contributed by atoms with Crippen molar-refractivity contribution in [2.45, 2.75) is 49.3 Å². The van der Waals surface area contributed by atoms with E-state index in [1.54, 1.807) is 18.8 Å². The quantitative estimate of drug-likeness (QED) is 0.595. The Hall–Kier alpha value is -1.15. The lowest BCUT2D eigenvalue weighted by Gasteiger charge is -2.14. The van der Waals surface area contributed by atoms with Crippen LogP contribution in [0.2, 0.25) is 0 Å². The molecule has 7 nitrogen and oxygen atoms in total. The minimum atomic E-state index is -0.275. The Morgan fingerprint density at radius 3 is 2.95 bits per heavy atom. The first-order valence-corrected chi connectivity index (χ1v) is 7.90. The van der Waals surface area contributed by atoms with Crippen LogP contribution in [0.5, 0.6) is 0 Å². The van der Waals surface area contributed by atoms with Crippen molar-refractivity contribution in [1.29, 1.82) is 0 Å². The standard InChI is InChI=1S/C12H21N5O2S/c1-13-10(11(18)19-2)7-8-20-12-14-15-16-17(12)9-5-3-4-6-9/h9-10,13H,3-8H2,1-2H3. The summed E-state index contributed by atoms with van der Waals surface area (Å²) in [5, 5.41) is 15.7. The number of hydrogen-bond acceptors (Lipinski definition) is 7. The van der Waals surface area contributed by atoms with E-state index >= 15 is 0 Å². The SMILES string of the molecule is CNC(CCSc1nnnn1C1CCCC1)C(=O)OC. The van der Waals surface area contributed by atoms with Crippen LogP contribution < -0.4 is 5.32 Å². The van der Waals surface area contributed by atoms with Crippen LogP contribution in [0.3, 0.4) is 0 Å². The Balaban J connectivity index is 1.85. The highest BCUT2D eigenvalue weighted by molar-refractivity contribution is 7.99. The molecule has 1 aromatic heterocycles. The molecule has 1 aliphatic rings. The van der Waals surface area contributed by atoms with Crippen LogP contribution in [0.1, 0.15) is 38.1 Å². The number of nitrogens with zero attached hydrogens (tertiary/aromatic N) is 4. The number of carbonyl (C=O) groups excluding carboxylic acids is 1. The lowest BCUT2D eigenvalue weighted by atomic mass is 10.2. The molecule has 0 spiro atoms. The molecule has 1 aromatic rings. The van der Waals surface area contributed by atoms with Crippen LogP contribution >= 0.6 is 11.8 Å². The fraction of sp³-hybridized carbons (Fsp3) is 0.833. The molecule has 1 heterocycles. The summed E-state index contributed by atoms with van der Waals surface area (Å²) >= 11 is 1.59. The van der Waals surface area contributed by atoms with Gasteiger partial charge in [-0.2, -0.15) is 0 Å². The molecule has 20 heavy (non-hydrogen) atoms. The van der Waals surface area contributed by atoms with Gasteiger partial charge in [0.1, 0.15) is 6.04 Å². The number of aromatic nitrogens is 4. The molecular weight excluding hydrogens is 278 g/mol. The number of carbonyl (C=O) groups is 1. The van der Waals surface area contributed by atoms with Crippen LogP contribution in [0, 0.1) is 0 Å². The van der Waals surface area contributed by atoms with Gasteiger partial charge in [0.15, 0.2) is 0 Å². The van der Waals surface area contributed by atoms with Crippen LogP contribution in [-0.2, 0) is 9.53 Å². The Bertz CT molecular complexity index is 433. The summed E-state index contributed by atoms with van der Waals surface area (Å²) in [6.07, 6.45) is 5.49. The number of thioether (sulfide) groups is 1. The number of hydrogen-bond donors (Lipinski definition) is 1. The third-order valence-corrected chi connectivity index (χ3v) is 4.57. The van der Waals surface area contributed by atoms with Crippen molar-refractivity contribution in [3.63, 3.8) is 0 Å². The van der Waals surface area contributed by atoms with Gasteiger partial charge in [0.2, 0.25) is 5.16 Å². The fourth-order valence-corrected chi connectivity index (χ4v) is 3.40. The van der Waals surface area contributed by atoms with Crippen molar-refractivity contribution in [3.8, 4) is 0 Å². The highest BCUT2D eigenvalue weighted by Crippen LogP contribution is 2.31. The van der Waals surface area contributed by atoms with Crippen LogP contribution in [-0.4, -0.2) is 52.1 Å². The molecule has 0 amide bonds. The summed E-state index contributed by atoms with van der Waals surface area (Å²) in [6, 6.07) is 0.163. The zero-order valence-electron chi connectivity index (χ0n) is 11.9. The average molecular weight is 299 g/mol. The van der Waals surface area contributed by atoms with Gasteiger partial charge >= 0.3 is 5.97 Å². The van der Waals surface area contributed by atoms with Crippen LogP contribution in [0.4, 0.5) is 0 Å². The van der Waals surface area contributed by atoms with E-state index in [1.807, 2.05) is 4.68 Å². The van der Waals surface area contributed by atoms with Crippen molar-refractivity contribution in [3.05, 3.63) is 0 Å². The highest BCUT2D eigenvalue weighted by Gasteiger charge is 2.22. The molecular formula is C12H21N5O2S. The predicted molar refractivity (Wildman–Crippen MR) is 75.5 cm³/mol. The maximum Gasteiger partial charge on any atom is 0.322 e. The van der Waals surface area contributed by atoms with Crippen molar-refractivity contribution in [2.75, 3.05) is 19.9 Å². The van der Waals surface area contributed by atoms with Gasteiger partial charge in [-0.15, -0.1) is 5.10 Å². The summed E-state index contributed by atoms with van der Waals surface area (Å²) in [5.74, 6) is 0.539. The summed E-state index contributed by atoms with van der Waals surface area (Å²) in [4.78, 5) is 11.5. The van der Waals surface area contributed by atoms with E-state index < -0.39 is 0 Å². The Morgan fingerprint density at radius 2 is 2.30 bits per heavy atom. The number of likely N-dealkylation sites (N-methyl/N-ethyl adjacent to an activating group) is 1. The van der Waals surface area contributed by atoms with Crippen LogP contribution in [0.15, 0.2) is 5.16 Å². The van der Waals surface area contributed by atoms with Gasteiger partial charge in [-0.1, -0.05) is 24.6 Å². The van der Waals surface area contributed by atoms with E-state index in [-0.39, 0.29) is 12.0 Å². The maximum absolute atomic E-state index is 11.5. The smallest absolute Gasteiger partial charge is 0.322 e. The summed E-state index contributed by atoms with van der Waals surface area (Å²) in [5.41, 5.74) is 0. The van der Waals surface area contributed by atoms with E-state index in [0.717, 1.165) is 23.8 Å². The molecule has 1 aliphatic carbocycles. The molecule has 0 aromatic carbocycles. The molecule has 1 N–H and O–H groups in total. The normalized spacial score (nSPS) is 17.3. The van der Waals surface area contributed by atoms with Crippen LogP contribution in [0.25, 0.3) is 0 Å². The first-order valence-electron chi connectivity index (χ1n) is 6.92. The highest BCUT2D eigenvalue weighted by atomic mass is 32.2. The minimum Gasteiger partial charge on any atom is -0.468 e. The first kappa shape index (κ1) is 15.2. The van der Waals surface area contributed by atoms with Gasteiger partial charge in [-0.25, -0.2) is 4.68 Å². The number of ether oxygens (including phenoxy) is 1. The summed E-state index contributed by atoms with van der Waals surface area (Å²) in [6.45, 7) is 0. The molecule has 0 saturated heterocycles. The summed E-state index contributed by atoms with van der Waals surface area (Å²) in [7, 11) is 3.16. The number of methoxy groups -OCH3 is 1. The molecule has 2 rings (SSSR count). The number of tetrazole rings is 1. The molecule has 1 unspecified atom stereocenters. The van der Waals surface area contributed by atoms with Crippen molar-refractivity contribution < 1.29 is 9.53 Å². The Labute approximate surface area is 122 Å². The number of nitrogens with one attached hydrogen (secondary N) is 1. The number of rotatable bonds is 7. The third-order valence-electron chi connectivity index (χ3n) is 3.61. The van der Waals surface area contributed by atoms with E-state index in [0.29, 0.717) is 12.5 Å². The van der Waals surface area contributed by atoms with Gasteiger partial charge in [-0.05, 0) is 36.7 Å². The first-order chi connectivity index (χ1) is 9.76. The second-order valence-electron chi connectivity index (χ2n) is 4.85. The van der Waals surface area contributed by atoms with E-state index in [1.165, 1.54) is 20.0 Å². The van der Waals surface area contributed by atoms with Crippen molar-refractivity contribution >= 4 is 17.7 Å². The van der Waals surface area contributed by atoms with E-state index in [2.05, 4.69) is 20.8 Å². The molecule has 112 valence electrons. The number of esters is 1. The maximum atomic E-state index is 11.5. The molecule has 0 bridgehead atoms. The van der Waals surface area contributed by atoms with Gasteiger partial charge in [0.05, 0.1) is 13.2 Å². The average Bonchev–Trinajstić information content (AvgIpc) is 3.13. The Morgan fingerprint density at radius 1 is 1.55 bits per heavy atom. The lowest BCUT2D eigenvalue weighted by molar-refractivity contribution is -0.143. The lowest BCUT2D eigenvalue weighted by Crippen LogP contribution is -2.35. The van der Waals surface area contributed by atoms with E-state index in [9.17, 15) is 4.79 Å². The fourth-order valence-electron chi connectivity index (χ4n) is 2.45. The zero-order chi connectivity index (χ0) is 14.4. The van der Waals surface area contributed by atoms with Gasteiger partial charge in [-0.3, -0.25) is 4.79 Å². The van der Waals surface area contributed by atoms with Gasteiger partial charge in [0, 0.05) is 5.75 Å². The molecule has 0 radical (unpaired) electrons. The third kappa shape index (κ3) is 3.69. The minimum absolute atomic E-state index is 0.233. The molecule has 8 heteroatoms. The second kappa shape index (κ2) is 7.58. The zero-order valence-corrected chi connectivity index (χ0v) is 12.7. The molecule has 1 saturated carbocycles. The predicted octanol–water partition coefficient (Wildman–Crippen LogP) is 1.03.